The number of alkyl halides is 3. The Morgan fingerprint density at radius 3 is 2.75 bits per heavy atom. The summed E-state index contributed by atoms with van der Waals surface area (Å²) in [6.07, 6.45) is -3.25. The molecule has 0 unspecified atom stereocenters. The average Bonchev–Trinajstić information content (AvgIpc) is 3.04. The number of nitrogen functional groups attached to an aromatic ring is 1. The normalized spacial score (nSPS) is 11.3. The van der Waals surface area contributed by atoms with Gasteiger partial charge >= 0.3 is 6.18 Å². The lowest BCUT2D eigenvalue weighted by atomic mass is 10.2. The highest BCUT2D eigenvalue weighted by atomic mass is 19.4. The molecule has 0 fully saturated rings. The van der Waals surface area contributed by atoms with Gasteiger partial charge in [-0.05, 0) is 29.8 Å². The molecular weight excluding hydrogens is 375 g/mol. The molecular formula is C18H16F3N5O2. The first-order valence-corrected chi connectivity index (χ1v) is 8.13. The Morgan fingerprint density at radius 1 is 1.25 bits per heavy atom. The van der Waals surface area contributed by atoms with Gasteiger partial charge in [0.2, 0.25) is 5.76 Å². The number of carbonyl (C=O) groups is 1. The number of pyridine rings is 1. The first-order valence-electron chi connectivity index (χ1n) is 8.13. The van der Waals surface area contributed by atoms with Crippen molar-refractivity contribution >= 4 is 23.1 Å². The number of halogens is 3. The van der Waals surface area contributed by atoms with Crippen molar-refractivity contribution < 1.29 is 22.4 Å². The minimum atomic E-state index is -4.82. The van der Waals surface area contributed by atoms with Gasteiger partial charge in [-0.25, -0.2) is 9.97 Å². The molecule has 3 rings (SSSR count). The summed E-state index contributed by atoms with van der Waals surface area (Å²) >= 11 is 0. The van der Waals surface area contributed by atoms with E-state index in [4.69, 9.17) is 5.73 Å². The number of nitrogens with two attached hydrogens (primary N) is 1. The topological polar surface area (TPSA) is 106 Å². The molecule has 4 N–H and O–H groups in total. The molecule has 10 heteroatoms. The Balaban J connectivity index is 1.73. The number of anilines is 3. The Bertz CT molecular complexity index is 1000. The summed E-state index contributed by atoms with van der Waals surface area (Å²) in [6.45, 7) is 1.61. The van der Waals surface area contributed by atoms with Crippen LogP contribution in [-0.4, -0.2) is 15.9 Å². The number of benzene rings is 1. The number of rotatable bonds is 5. The SMILES string of the molecule is Cc1nc(C(=O)Nc2cccc(CNc3cccnc3N)c2)c(C(F)(F)F)o1. The van der Waals surface area contributed by atoms with Crippen molar-refractivity contribution in [2.45, 2.75) is 19.6 Å². The first kappa shape index (κ1) is 19.2. The summed E-state index contributed by atoms with van der Waals surface area (Å²) in [5.74, 6) is -2.34. The first-order chi connectivity index (χ1) is 13.2. The van der Waals surface area contributed by atoms with Crippen molar-refractivity contribution in [3.05, 3.63) is 65.5 Å². The molecule has 0 bridgehead atoms. The number of hydrogen-bond acceptors (Lipinski definition) is 6. The molecule has 2 aromatic heterocycles. The summed E-state index contributed by atoms with van der Waals surface area (Å²) in [5, 5.41) is 5.51. The van der Waals surface area contributed by atoms with E-state index in [1.807, 2.05) is 0 Å². The molecule has 0 atom stereocenters. The van der Waals surface area contributed by atoms with Crippen LogP contribution in [0.4, 0.5) is 30.4 Å². The lowest BCUT2D eigenvalue weighted by Gasteiger charge is -2.10. The van der Waals surface area contributed by atoms with Gasteiger partial charge < -0.3 is 20.8 Å². The zero-order chi connectivity index (χ0) is 20.3. The van der Waals surface area contributed by atoms with Gasteiger partial charge in [-0.1, -0.05) is 12.1 Å². The van der Waals surface area contributed by atoms with Crippen LogP contribution in [0.5, 0.6) is 0 Å². The molecule has 28 heavy (non-hydrogen) atoms. The number of carbonyl (C=O) groups excluding carboxylic acids is 1. The summed E-state index contributed by atoms with van der Waals surface area (Å²) < 4.78 is 43.5. The minimum absolute atomic E-state index is 0.246. The molecule has 1 amide bonds. The van der Waals surface area contributed by atoms with Gasteiger partial charge in [-0.2, -0.15) is 13.2 Å². The number of hydrogen-bond donors (Lipinski definition) is 3. The van der Waals surface area contributed by atoms with E-state index in [0.717, 1.165) is 5.56 Å². The van der Waals surface area contributed by atoms with Gasteiger partial charge in [0.15, 0.2) is 11.6 Å². The van der Waals surface area contributed by atoms with Crippen molar-refractivity contribution in [1.29, 1.82) is 0 Å². The second kappa shape index (κ2) is 7.59. The summed E-state index contributed by atoms with van der Waals surface area (Å²) in [4.78, 5) is 19.8. The zero-order valence-electron chi connectivity index (χ0n) is 14.7. The minimum Gasteiger partial charge on any atom is -0.436 e. The number of aromatic nitrogens is 2. The van der Waals surface area contributed by atoms with Crippen LogP contribution in [0, 0.1) is 6.92 Å². The van der Waals surface area contributed by atoms with E-state index in [1.54, 1.807) is 42.6 Å². The number of nitrogens with one attached hydrogen (secondary N) is 2. The van der Waals surface area contributed by atoms with E-state index in [-0.39, 0.29) is 5.89 Å². The zero-order valence-corrected chi connectivity index (χ0v) is 14.7. The van der Waals surface area contributed by atoms with Crippen LogP contribution in [0.25, 0.3) is 0 Å². The fourth-order valence-corrected chi connectivity index (χ4v) is 2.49. The third-order valence-electron chi connectivity index (χ3n) is 3.71. The van der Waals surface area contributed by atoms with Crippen molar-refractivity contribution in [2.24, 2.45) is 0 Å². The summed E-state index contributed by atoms with van der Waals surface area (Å²) in [5.41, 5.74) is 6.68. The molecule has 3 aromatic rings. The molecule has 0 aliphatic carbocycles. The third kappa shape index (κ3) is 4.40. The van der Waals surface area contributed by atoms with E-state index in [9.17, 15) is 18.0 Å². The maximum atomic E-state index is 13.0. The molecule has 0 aliphatic heterocycles. The Morgan fingerprint density at radius 2 is 2.04 bits per heavy atom. The molecule has 0 spiro atoms. The van der Waals surface area contributed by atoms with Crippen LogP contribution in [0.2, 0.25) is 0 Å². The number of amides is 1. The van der Waals surface area contributed by atoms with Gasteiger partial charge in [-0.3, -0.25) is 4.79 Å². The van der Waals surface area contributed by atoms with E-state index < -0.39 is 23.5 Å². The van der Waals surface area contributed by atoms with Crippen LogP contribution < -0.4 is 16.4 Å². The van der Waals surface area contributed by atoms with E-state index in [1.165, 1.54) is 6.92 Å². The van der Waals surface area contributed by atoms with Crippen LogP contribution in [0.1, 0.15) is 27.7 Å². The monoisotopic (exact) mass is 391 g/mol. The molecule has 0 saturated heterocycles. The van der Waals surface area contributed by atoms with Gasteiger partial charge in [-0.15, -0.1) is 0 Å². The van der Waals surface area contributed by atoms with Crippen LogP contribution in [-0.2, 0) is 12.7 Å². The van der Waals surface area contributed by atoms with Crippen LogP contribution in [0.3, 0.4) is 0 Å². The average molecular weight is 391 g/mol. The molecule has 0 saturated carbocycles. The largest absolute Gasteiger partial charge is 0.452 e. The highest BCUT2D eigenvalue weighted by Gasteiger charge is 2.41. The Labute approximate surface area is 157 Å². The van der Waals surface area contributed by atoms with Gasteiger partial charge in [0, 0.05) is 25.4 Å². The molecule has 146 valence electrons. The van der Waals surface area contributed by atoms with Crippen molar-refractivity contribution in [3.8, 4) is 0 Å². The van der Waals surface area contributed by atoms with Crippen LogP contribution >= 0.6 is 0 Å². The summed E-state index contributed by atoms with van der Waals surface area (Å²) in [7, 11) is 0. The maximum absolute atomic E-state index is 13.0. The molecule has 0 radical (unpaired) electrons. The lowest BCUT2D eigenvalue weighted by molar-refractivity contribution is -0.153. The molecule has 2 heterocycles. The second-order valence-electron chi connectivity index (χ2n) is 5.85. The lowest BCUT2D eigenvalue weighted by Crippen LogP contribution is -2.18. The third-order valence-corrected chi connectivity index (χ3v) is 3.71. The Hall–Kier alpha value is -3.56. The molecule has 0 aliphatic rings. The smallest absolute Gasteiger partial charge is 0.436 e. The highest BCUT2D eigenvalue weighted by Crippen LogP contribution is 2.33. The second-order valence-corrected chi connectivity index (χ2v) is 5.85. The molecule has 7 nitrogen and oxygen atoms in total. The Kier molecular flexibility index (Phi) is 5.21. The van der Waals surface area contributed by atoms with Crippen molar-refractivity contribution in [1.82, 2.24) is 9.97 Å². The number of aryl methyl sites for hydroxylation is 1. The highest BCUT2D eigenvalue weighted by molar-refractivity contribution is 6.03. The van der Waals surface area contributed by atoms with Crippen LogP contribution in [0.15, 0.2) is 47.0 Å². The van der Waals surface area contributed by atoms with Crippen molar-refractivity contribution in [2.75, 3.05) is 16.4 Å². The summed E-state index contributed by atoms with van der Waals surface area (Å²) in [6, 6.07) is 10.1. The van der Waals surface area contributed by atoms with Gasteiger partial charge in [0.25, 0.3) is 5.91 Å². The fraction of sp³-hybridized carbons (Fsp3) is 0.167. The quantitative estimate of drug-likeness (QED) is 0.610. The predicted molar refractivity (Wildman–Crippen MR) is 96.6 cm³/mol. The van der Waals surface area contributed by atoms with Crippen molar-refractivity contribution in [3.63, 3.8) is 0 Å². The maximum Gasteiger partial charge on any atom is 0.452 e. The van der Waals surface area contributed by atoms with Gasteiger partial charge in [0.05, 0.1) is 5.69 Å². The van der Waals surface area contributed by atoms with E-state index in [0.29, 0.717) is 23.7 Å². The van der Waals surface area contributed by atoms with E-state index >= 15 is 0 Å². The van der Waals surface area contributed by atoms with E-state index in [2.05, 4.69) is 25.0 Å². The van der Waals surface area contributed by atoms with Gasteiger partial charge in [0.1, 0.15) is 5.82 Å². The predicted octanol–water partition coefficient (Wildman–Crippen LogP) is 3.84. The fourth-order valence-electron chi connectivity index (χ4n) is 2.49. The standard InChI is InChI=1S/C18H16F3N5O2/c1-10-25-14(15(28-10)18(19,20)21)17(27)26-12-5-2-4-11(8-12)9-24-13-6-3-7-23-16(13)22/h2-8,24H,9H2,1H3,(H2,22,23)(H,26,27). The number of nitrogens with zero attached hydrogens (tertiary/aromatic N) is 2. The molecule has 1 aromatic carbocycles. The number of oxazole rings is 1.